The van der Waals surface area contributed by atoms with Gasteiger partial charge in [-0.25, -0.2) is 9.97 Å². The zero-order valence-electron chi connectivity index (χ0n) is 30.2. The fraction of sp³-hybridized carbons (Fsp3) is 0. The van der Waals surface area contributed by atoms with E-state index in [1.807, 2.05) is 78.9 Å². The average Bonchev–Trinajstić information content (AvgIpc) is 3.78. The zero-order chi connectivity index (χ0) is 37.0. The van der Waals surface area contributed by atoms with Crippen molar-refractivity contribution in [3.63, 3.8) is 0 Å². The quantitative estimate of drug-likeness (QED) is 0.172. The summed E-state index contributed by atoms with van der Waals surface area (Å²) in [6.07, 6.45) is 0. The second kappa shape index (κ2) is 13.0. The van der Waals surface area contributed by atoms with Gasteiger partial charge in [0.15, 0.2) is 11.6 Å². The van der Waals surface area contributed by atoms with Gasteiger partial charge in [0.25, 0.3) is 0 Å². The molecule has 6 heteroatoms. The van der Waals surface area contributed by atoms with Crippen LogP contribution in [0, 0.1) is 0 Å². The van der Waals surface area contributed by atoms with Crippen molar-refractivity contribution in [2.75, 3.05) is 0 Å². The maximum atomic E-state index is 5.18. The lowest BCUT2D eigenvalue weighted by atomic mass is 10.1. The summed E-state index contributed by atoms with van der Waals surface area (Å²) >= 11 is 0. The van der Waals surface area contributed by atoms with Crippen LogP contribution in [0.2, 0.25) is 0 Å². The molecule has 262 valence electrons. The van der Waals surface area contributed by atoms with E-state index in [0.29, 0.717) is 17.6 Å². The monoisotopic (exact) mass is 716 g/mol. The molecular weight excluding hydrogens is 685 g/mol. The number of hydrogen-bond acceptors (Lipinski definition) is 4. The molecule has 0 saturated heterocycles. The van der Waals surface area contributed by atoms with E-state index in [2.05, 4.69) is 124 Å². The molecule has 0 N–H and O–H groups in total. The Morgan fingerprint density at radius 3 is 1.39 bits per heavy atom. The Labute approximate surface area is 322 Å². The van der Waals surface area contributed by atoms with E-state index >= 15 is 0 Å². The maximum Gasteiger partial charge on any atom is 0.238 e. The van der Waals surface area contributed by atoms with Crippen molar-refractivity contribution < 1.29 is 0 Å². The van der Waals surface area contributed by atoms with Gasteiger partial charge in [-0.2, -0.15) is 9.97 Å². The van der Waals surface area contributed by atoms with Gasteiger partial charge >= 0.3 is 0 Å². The number of para-hydroxylation sites is 2. The first-order chi connectivity index (χ1) is 27.8. The minimum atomic E-state index is 0.567. The van der Waals surface area contributed by atoms with Crippen LogP contribution in [0.1, 0.15) is 0 Å². The fourth-order valence-electron chi connectivity index (χ4n) is 7.99. The van der Waals surface area contributed by atoms with Gasteiger partial charge in [-0.15, -0.1) is 0 Å². The summed E-state index contributed by atoms with van der Waals surface area (Å²) in [4.78, 5) is 20.4. The molecule has 0 aliphatic rings. The lowest BCUT2D eigenvalue weighted by molar-refractivity contribution is 0.953. The number of aromatic nitrogens is 6. The van der Waals surface area contributed by atoms with Crippen molar-refractivity contribution in [3.05, 3.63) is 194 Å². The molecule has 0 unspecified atom stereocenters. The van der Waals surface area contributed by atoms with Crippen LogP contribution in [0.4, 0.5) is 0 Å². The normalized spacial score (nSPS) is 11.6. The minimum absolute atomic E-state index is 0.567. The van der Waals surface area contributed by atoms with Gasteiger partial charge in [0, 0.05) is 49.5 Å². The second-order valence-electron chi connectivity index (χ2n) is 13.9. The molecule has 4 aromatic heterocycles. The summed E-state index contributed by atoms with van der Waals surface area (Å²) in [7, 11) is 0. The third kappa shape index (κ3) is 5.27. The molecule has 11 rings (SSSR count). The van der Waals surface area contributed by atoms with Gasteiger partial charge in [-0.05, 0) is 48.5 Å². The molecule has 0 atom stereocenters. The highest BCUT2D eigenvalue weighted by Crippen LogP contribution is 2.40. The van der Waals surface area contributed by atoms with E-state index in [1.54, 1.807) is 0 Å². The van der Waals surface area contributed by atoms with E-state index in [4.69, 9.17) is 19.9 Å². The predicted octanol–water partition coefficient (Wildman–Crippen LogP) is 12.1. The van der Waals surface area contributed by atoms with Crippen LogP contribution in [0.5, 0.6) is 0 Å². The Morgan fingerprint density at radius 2 is 0.768 bits per heavy atom. The molecule has 0 bridgehead atoms. The highest BCUT2D eigenvalue weighted by atomic mass is 15.2. The second-order valence-corrected chi connectivity index (χ2v) is 13.9. The lowest BCUT2D eigenvalue weighted by Gasteiger charge is -2.12. The van der Waals surface area contributed by atoms with Crippen molar-refractivity contribution in [1.29, 1.82) is 0 Å². The van der Waals surface area contributed by atoms with Crippen LogP contribution in [-0.4, -0.2) is 29.1 Å². The Balaban J connectivity index is 1.16. The minimum Gasteiger partial charge on any atom is -0.309 e. The smallest absolute Gasteiger partial charge is 0.238 e. The zero-order valence-corrected chi connectivity index (χ0v) is 30.2. The first kappa shape index (κ1) is 31.8. The first-order valence-electron chi connectivity index (χ1n) is 18.7. The number of hydrogen-bond donors (Lipinski definition) is 0. The molecule has 4 heterocycles. The van der Waals surface area contributed by atoms with Crippen molar-refractivity contribution in [2.45, 2.75) is 0 Å². The fourth-order valence-corrected chi connectivity index (χ4v) is 7.99. The highest BCUT2D eigenvalue weighted by molar-refractivity contribution is 6.19. The lowest BCUT2D eigenvalue weighted by Crippen LogP contribution is -2.06. The average molecular weight is 717 g/mol. The molecule has 0 aliphatic heterocycles. The standard InChI is InChI=1S/C50H32N6/c1-4-16-33(17-5-1)42-26-15-27-43(51-42)36-22-14-23-37(30-36)55-44-28-12-10-24-38(44)40-31-41-39-25-11-13-29-45(39)56(47(41)32-46(40)55)50-53-48(34-18-6-2-7-19-34)52-49(54-50)35-20-8-3-9-21-35/h1-32H. The van der Waals surface area contributed by atoms with Gasteiger partial charge in [-0.3, -0.25) is 4.57 Å². The molecule has 6 nitrogen and oxygen atoms in total. The number of pyridine rings is 1. The molecule has 0 radical (unpaired) electrons. The number of fused-ring (bicyclic) bond motifs is 6. The van der Waals surface area contributed by atoms with Crippen LogP contribution in [-0.2, 0) is 0 Å². The van der Waals surface area contributed by atoms with Crippen LogP contribution >= 0.6 is 0 Å². The summed E-state index contributed by atoms with van der Waals surface area (Å²) in [5, 5.41) is 4.63. The van der Waals surface area contributed by atoms with Crippen LogP contribution in [0.25, 0.3) is 101 Å². The van der Waals surface area contributed by atoms with Crippen LogP contribution in [0.3, 0.4) is 0 Å². The SMILES string of the molecule is c1ccc(-c2cccc(-c3cccc(-n4c5ccccc5c5cc6c7ccccc7n(-c7nc(-c8ccccc8)nc(-c8ccccc8)n7)c6cc54)c3)n2)cc1. The summed E-state index contributed by atoms with van der Waals surface area (Å²) < 4.78 is 4.57. The Morgan fingerprint density at radius 1 is 0.286 bits per heavy atom. The molecule has 0 fully saturated rings. The maximum absolute atomic E-state index is 5.18. The van der Waals surface area contributed by atoms with E-state index < -0.39 is 0 Å². The predicted molar refractivity (Wildman–Crippen MR) is 228 cm³/mol. The highest BCUT2D eigenvalue weighted by Gasteiger charge is 2.21. The van der Waals surface area contributed by atoms with Crippen molar-refractivity contribution in [1.82, 2.24) is 29.1 Å². The molecule has 0 aliphatic carbocycles. The number of nitrogens with zero attached hydrogens (tertiary/aromatic N) is 6. The topological polar surface area (TPSA) is 61.4 Å². The Hall–Kier alpha value is -7.70. The third-order valence-electron chi connectivity index (χ3n) is 10.6. The molecule has 56 heavy (non-hydrogen) atoms. The van der Waals surface area contributed by atoms with Gasteiger partial charge in [0.05, 0.1) is 33.5 Å². The molecule has 0 spiro atoms. The first-order valence-corrected chi connectivity index (χ1v) is 18.7. The van der Waals surface area contributed by atoms with E-state index in [1.165, 1.54) is 10.8 Å². The number of rotatable bonds is 6. The van der Waals surface area contributed by atoms with Crippen molar-refractivity contribution in [3.8, 4) is 56.9 Å². The molecule has 11 aromatic rings. The van der Waals surface area contributed by atoms with Gasteiger partial charge in [0.2, 0.25) is 5.95 Å². The summed E-state index contributed by atoms with van der Waals surface area (Å²) in [6.45, 7) is 0. The van der Waals surface area contributed by atoms with E-state index in [-0.39, 0.29) is 0 Å². The summed E-state index contributed by atoms with van der Waals surface area (Å²) in [5.41, 5.74) is 11.2. The summed E-state index contributed by atoms with van der Waals surface area (Å²) in [6, 6.07) is 67.3. The van der Waals surface area contributed by atoms with Crippen LogP contribution in [0.15, 0.2) is 194 Å². The van der Waals surface area contributed by atoms with E-state index in [0.717, 1.165) is 72.2 Å². The van der Waals surface area contributed by atoms with Crippen molar-refractivity contribution in [2.24, 2.45) is 0 Å². The van der Waals surface area contributed by atoms with Gasteiger partial charge in [0.1, 0.15) is 0 Å². The molecular formula is C50H32N6. The summed E-state index contributed by atoms with van der Waals surface area (Å²) in [5.74, 6) is 1.81. The van der Waals surface area contributed by atoms with E-state index in [9.17, 15) is 0 Å². The van der Waals surface area contributed by atoms with Crippen LogP contribution < -0.4 is 0 Å². The van der Waals surface area contributed by atoms with Gasteiger partial charge in [-0.1, -0.05) is 146 Å². The largest absolute Gasteiger partial charge is 0.309 e. The molecule has 0 amide bonds. The third-order valence-corrected chi connectivity index (χ3v) is 10.6. The Kier molecular flexibility index (Phi) is 7.38. The van der Waals surface area contributed by atoms with Crippen molar-refractivity contribution >= 4 is 43.6 Å². The molecule has 7 aromatic carbocycles. The number of benzene rings is 7. The molecule has 0 saturated carbocycles. The van der Waals surface area contributed by atoms with Gasteiger partial charge < -0.3 is 4.57 Å². The Bertz CT molecular complexity index is 3180.